The highest BCUT2D eigenvalue weighted by Gasteiger charge is 2.19. The number of likely N-dealkylation sites (tertiary alicyclic amines) is 1. The summed E-state index contributed by atoms with van der Waals surface area (Å²) >= 11 is 0. The summed E-state index contributed by atoms with van der Waals surface area (Å²) in [7, 11) is 0. The predicted molar refractivity (Wildman–Crippen MR) is 123 cm³/mol. The molecule has 0 N–H and O–H groups in total. The number of aromatic nitrogens is 4. The summed E-state index contributed by atoms with van der Waals surface area (Å²) in [4.78, 5) is 27.0. The van der Waals surface area contributed by atoms with E-state index in [0.717, 1.165) is 48.3 Å². The molecule has 32 heavy (non-hydrogen) atoms. The number of amides is 1. The minimum Gasteiger partial charge on any atom is -0.343 e. The van der Waals surface area contributed by atoms with Crippen LogP contribution in [-0.2, 0) is 11.3 Å². The van der Waals surface area contributed by atoms with Gasteiger partial charge >= 0.3 is 0 Å². The molecule has 0 radical (unpaired) electrons. The summed E-state index contributed by atoms with van der Waals surface area (Å²) in [5.74, 6) is 0.0877. The van der Waals surface area contributed by atoms with E-state index in [1.807, 2.05) is 64.1 Å². The van der Waals surface area contributed by atoms with Gasteiger partial charge in [-0.2, -0.15) is 10.2 Å². The number of carbonyl (C=O) groups is 1. The summed E-state index contributed by atoms with van der Waals surface area (Å²) in [5.41, 5.74) is 4.01. The molecule has 0 spiro atoms. The summed E-state index contributed by atoms with van der Waals surface area (Å²) in [6.07, 6.45) is 5.46. The van der Waals surface area contributed by atoms with Crippen LogP contribution in [-0.4, -0.2) is 43.3 Å². The standard InChI is InChI=1S/C25H25N5O2/c31-22(28-15-6-2-7-16-28)14-18-30-23(32)13-12-20(26-30)24-21-11-5-8-17-29(21)27-25(24)19-9-3-1-4-10-19/h1,3-5,8-13,17H,2,6-7,14-16,18H2. The molecule has 5 rings (SSSR count). The minimum atomic E-state index is -0.210. The molecule has 0 saturated carbocycles. The predicted octanol–water partition coefficient (Wildman–Crippen LogP) is 3.63. The van der Waals surface area contributed by atoms with E-state index in [2.05, 4.69) is 5.10 Å². The van der Waals surface area contributed by atoms with Gasteiger partial charge in [0.25, 0.3) is 5.56 Å². The van der Waals surface area contributed by atoms with E-state index in [4.69, 9.17) is 5.10 Å². The molecule has 7 nitrogen and oxygen atoms in total. The second-order valence-electron chi connectivity index (χ2n) is 8.09. The van der Waals surface area contributed by atoms with Crippen molar-refractivity contribution in [1.82, 2.24) is 24.3 Å². The highest BCUT2D eigenvalue weighted by molar-refractivity contribution is 5.90. The molecule has 1 aliphatic rings. The van der Waals surface area contributed by atoms with Crippen LogP contribution in [0.5, 0.6) is 0 Å². The molecule has 3 aromatic heterocycles. The Labute approximate surface area is 185 Å². The number of pyridine rings is 1. The van der Waals surface area contributed by atoms with Crippen LogP contribution in [0, 0.1) is 0 Å². The van der Waals surface area contributed by atoms with E-state index in [9.17, 15) is 9.59 Å². The molecule has 1 aliphatic heterocycles. The van der Waals surface area contributed by atoms with Crippen molar-refractivity contribution in [3.8, 4) is 22.5 Å². The monoisotopic (exact) mass is 427 g/mol. The van der Waals surface area contributed by atoms with Crippen molar-refractivity contribution in [2.75, 3.05) is 13.1 Å². The Hall–Kier alpha value is -3.74. The zero-order chi connectivity index (χ0) is 21.9. The average molecular weight is 428 g/mol. The van der Waals surface area contributed by atoms with E-state index >= 15 is 0 Å². The van der Waals surface area contributed by atoms with Crippen molar-refractivity contribution < 1.29 is 4.79 Å². The maximum absolute atomic E-state index is 12.6. The molecule has 0 unspecified atom stereocenters. The first-order chi connectivity index (χ1) is 15.7. The van der Waals surface area contributed by atoms with Crippen LogP contribution in [0.15, 0.2) is 71.7 Å². The third-order valence-corrected chi connectivity index (χ3v) is 5.96. The van der Waals surface area contributed by atoms with Gasteiger partial charge in [-0.05, 0) is 37.5 Å². The van der Waals surface area contributed by atoms with E-state index in [1.54, 1.807) is 6.07 Å². The van der Waals surface area contributed by atoms with Crippen LogP contribution >= 0.6 is 0 Å². The van der Waals surface area contributed by atoms with E-state index in [0.29, 0.717) is 5.69 Å². The average Bonchev–Trinajstić information content (AvgIpc) is 3.24. The summed E-state index contributed by atoms with van der Waals surface area (Å²) in [5, 5.41) is 9.42. The Bertz CT molecular complexity index is 1300. The number of hydrogen-bond donors (Lipinski definition) is 0. The molecule has 1 amide bonds. The Morgan fingerprint density at radius 3 is 2.47 bits per heavy atom. The molecular weight excluding hydrogens is 402 g/mol. The fourth-order valence-corrected chi connectivity index (χ4v) is 4.29. The second kappa shape index (κ2) is 8.78. The lowest BCUT2D eigenvalue weighted by atomic mass is 10.0. The summed E-state index contributed by atoms with van der Waals surface area (Å²) < 4.78 is 3.23. The Morgan fingerprint density at radius 2 is 1.66 bits per heavy atom. The number of benzene rings is 1. The fraction of sp³-hybridized carbons (Fsp3) is 0.280. The van der Waals surface area contributed by atoms with Gasteiger partial charge in [0.05, 0.1) is 23.3 Å². The van der Waals surface area contributed by atoms with E-state index in [-0.39, 0.29) is 24.4 Å². The van der Waals surface area contributed by atoms with Crippen LogP contribution < -0.4 is 5.56 Å². The first kappa shape index (κ1) is 20.2. The van der Waals surface area contributed by atoms with Gasteiger partial charge in [0.15, 0.2) is 0 Å². The van der Waals surface area contributed by atoms with Crippen molar-refractivity contribution >= 4 is 11.4 Å². The number of rotatable bonds is 5. The van der Waals surface area contributed by atoms with Crippen molar-refractivity contribution in [1.29, 1.82) is 0 Å². The maximum Gasteiger partial charge on any atom is 0.266 e. The molecular formula is C25H25N5O2. The van der Waals surface area contributed by atoms with Crippen molar-refractivity contribution in [2.45, 2.75) is 32.2 Å². The summed E-state index contributed by atoms with van der Waals surface area (Å²) in [6.45, 7) is 1.88. The minimum absolute atomic E-state index is 0.0877. The van der Waals surface area contributed by atoms with Gasteiger partial charge < -0.3 is 4.90 Å². The number of aryl methyl sites for hydroxylation is 1. The zero-order valence-electron chi connectivity index (χ0n) is 17.9. The third-order valence-electron chi connectivity index (χ3n) is 5.96. The van der Waals surface area contributed by atoms with Gasteiger partial charge in [0.2, 0.25) is 5.91 Å². The van der Waals surface area contributed by atoms with Crippen LogP contribution in [0.25, 0.3) is 28.0 Å². The Morgan fingerprint density at radius 1 is 0.875 bits per heavy atom. The number of nitrogens with zero attached hydrogens (tertiary/aromatic N) is 5. The molecule has 4 heterocycles. The number of carbonyl (C=O) groups excluding carboxylic acids is 1. The van der Waals surface area contributed by atoms with Gasteiger partial charge in [-0.3, -0.25) is 9.59 Å². The van der Waals surface area contributed by atoms with E-state index < -0.39 is 0 Å². The number of piperidine rings is 1. The van der Waals surface area contributed by atoms with Gasteiger partial charge in [-0.15, -0.1) is 0 Å². The maximum atomic E-state index is 12.6. The lowest BCUT2D eigenvalue weighted by molar-refractivity contribution is -0.132. The molecule has 1 saturated heterocycles. The highest BCUT2D eigenvalue weighted by atomic mass is 16.2. The first-order valence-electron chi connectivity index (χ1n) is 11.1. The normalized spacial score (nSPS) is 14.1. The van der Waals surface area contributed by atoms with Crippen LogP contribution in [0.4, 0.5) is 0 Å². The fourth-order valence-electron chi connectivity index (χ4n) is 4.29. The summed E-state index contributed by atoms with van der Waals surface area (Å²) in [6, 6.07) is 19.1. The Balaban J connectivity index is 1.50. The van der Waals surface area contributed by atoms with Gasteiger partial charge in [-0.25, -0.2) is 9.20 Å². The van der Waals surface area contributed by atoms with Crippen molar-refractivity contribution in [2.24, 2.45) is 0 Å². The third kappa shape index (κ3) is 3.93. The topological polar surface area (TPSA) is 72.5 Å². The highest BCUT2D eigenvalue weighted by Crippen LogP contribution is 2.33. The lowest BCUT2D eigenvalue weighted by Crippen LogP contribution is -2.36. The lowest BCUT2D eigenvalue weighted by Gasteiger charge is -2.26. The molecule has 0 bridgehead atoms. The zero-order valence-corrected chi connectivity index (χ0v) is 17.9. The van der Waals surface area contributed by atoms with Crippen LogP contribution in [0.2, 0.25) is 0 Å². The first-order valence-corrected chi connectivity index (χ1v) is 11.1. The van der Waals surface area contributed by atoms with Crippen LogP contribution in [0.1, 0.15) is 25.7 Å². The van der Waals surface area contributed by atoms with Gasteiger partial charge in [-0.1, -0.05) is 36.4 Å². The molecule has 4 aromatic rings. The second-order valence-corrected chi connectivity index (χ2v) is 8.09. The largest absolute Gasteiger partial charge is 0.343 e. The van der Waals surface area contributed by atoms with E-state index in [1.165, 1.54) is 17.2 Å². The molecule has 162 valence electrons. The van der Waals surface area contributed by atoms with Crippen molar-refractivity contribution in [3.63, 3.8) is 0 Å². The van der Waals surface area contributed by atoms with Gasteiger partial charge in [0.1, 0.15) is 5.69 Å². The molecule has 0 atom stereocenters. The van der Waals surface area contributed by atoms with Gasteiger partial charge in [0, 0.05) is 37.3 Å². The smallest absolute Gasteiger partial charge is 0.266 e. The quantitative estimate of drug-likeness (QED) is 0.488. The van der Waals surface area contributed by atoms with Crippen molar-refractivity contribution in [3.05, 3.63) is 77.2 Å². The molecule has 7 heteroatoms. The molecule has 1 aromatic carbocycles. The Kier molecular flexibility index (Phi) is 5.54. The number of fused-ring (bicyclic) bond motifs is 1. The molecule has 0 aliphatic carbocycles. The SMILES string of the molecule is O=C(CCn1nc(-c2c(-c3ccccc3)nn3ccccc23)ccc1=O)N1CCCCC1. The van der Waals surface area contributed by atoms with Crippen LogP contribution in [0.3, 0.4) is 0 Å². The molecule has 1 fully saturated rings. The number of hydrogen-bond acceptors (Lipinski definition) is 4.